The van der Waals surface area contributed by atoms with Gasteiger partial charge in [0, 0.05) is 5.92 Å². The molecule has 4 rings (SSSR count). The van der Waals surface area contributed by atoms with Crippen LogP contribution >= 0.6 is 0 Å². The van der Waals surface area contributed by atoms with E-state index in [1.807, 2.05) is 6.92 Å². The fraction of sp³-hybridized carbons (Fsp3) is 0.316. The molecule has 1 heterocycles. The number of rotatable bonds is 4. The first-order chi connectivity index (χ1) is 12.4. The van der Waals surface area contributed by atoms with Gasteiger partial charge in [-0.05, 0) is 36.8 Å². The van der Waals surface area contributed by atoms with Crippen molar-refractivity contribution in [2.24, 2.45) is 5.41 Å². The number of fused-ring (bicyclic) bond motifs is 1. The van der Waals surface area contributed by atoms with Crippen molar-refractivity contribution < 1.29 is 23.0 Å². The highest BCUT2D eigenvalue weighted by Crippen LogP contribution is 2.64. The maximum Gasteiger partial charge on any atom is 0.231 e. The van der Waals surface area contributed by atoms with Crippen LogP contribution in [0, 0.1) is 23.7 Å². The Hall–Kier alpha value is -2.56. The van der Waals surface area contributed by atoms with Crippen molar-refractivity contribution in [3.05, 3.63) is 53.6 Å². The van der Waals surface area contributed by atoms with E-state index in [-0.39, 0.29) is 11.7 Å². The summed E-state index contributed by atoms with van der Waals surface area (Å²) in [5, 5.41) is 18.5. The number of aliphatic hydroxyl groups excluding tert-OH is 1. The number of benzene rings is 2. The molecule has 0 aromatic heterocycles. The monoisotopic (exact) mass is 371 g/mol. The number of aryl methyl sites for hydroxylation is 1. The third kappa shape index (κ3) is 2.30. The molecule has 0 spiro atoms. The van der Waals surface area contributed by atoms with Crippen LogP contribution in [0.2, 0.25) is 0 Å². The van der Waals surface area contributed by atoms with Crippen LogP contribution in [0.3, 0.4) is 0 Å². The molecule has 0 amide bonds. The molecule has 3 atom stereocenters. The van der Waals surface area contributed by atoms with Gasteiger partial charge in [0.1, 0.15) is 5.41 Å². The van der Waals surface area contributed by atoms with E-state index in [4.69, 9.17) is 9.47 Å². The second-order valence-electron chi connectivity index (χ2n) is 6.68. The average Bonchev–Trinajstić information content (AvgIpc) is 3.12. The van der Waals surface area contributed by atoms with Gasteiger partial charge in [0.05, 0.1) is 22.8 Å². The van der Waals surface area contributed by atoms with E-state index in [9.17, 15) is 18.8 Å². The number of hydrogen-bond acceptors (Lipinski definition) is 6. The van der Waals surface area contributed by atoms with Crippen LogP contribution < -0.4 is 9.47 Å². The molecule has 7 heteroatoms. The van der Waals surface area contributed by atoms with Crippen molar-refractivity contribution in [1.82, 2.24) is 0 Å². The number of sulfone groups is 1. The molecule has 26 heavy (non-hydrogen) atoms. The van der Waals surface area contributed by atoms with Crippen LogP contribution in [0.15, 0.2) is 47.4 Å². The fourth-order valence-electron chi connectivity index (χ4n) is 3.67. The Bertz CT molecular complexity index is 1010. The van der Waals surface area contributed by atoms with E-state index in [0.717, 1.165) is 5.56 Å². The van der Waals surface area contributed by atoms with E-state index in [0.29, 0.717) is 17.1 Å². The zero-order chi connectivity index (χ0) is 18.5. The zero-order valence-electron chi connectivity index (χ0n) is 14.0. The standard InChI is InChI=1S/C19H17NO5S/c1-12-2-5-14(6-3-12)26(22,23)18-17(19(18,9-20)10-21)13-4-7-15-16(8-13)25-11-24-15/h2-8,17-18,21H,10-11H2,1H3/t17-,18+,19-/m0/s1. The van der Waals surface area contributed by atoms with Gasteiger partial charge in [0.15, 0.2) is 21.3 Å². The van der Waals surface area contributed by atoms with Crippen molar-refractivity contribution in [2.45, 2.75) is 23.0 Å². The lowest BCUT2D eigenvalue weighted by atomic mass is 10.0. The Morgan fingerprint density at radius 2 is 1.88 bits per heavy atom. The molecule has 134 valence electrons. The molecule has 0 unspecified atom stereocenters. The minimum atomic E-state index is -3.78. The van der Waals surface area contributed by atoms with Crippen molar-refractivity contribution in [3.63, 3.8) is 0 Å². The molecule has 6 nitrogen and oxygen atoms in total. The van der Waals surface area contributed by atoms with Gasteiger partial charge in [-0.25, -0.2) is 8.42 Å². The summed E-state index contributed by atoms with van der Waals surface area (Å²) >= 11 is 0. The van der Waals surface area contributed by atoms with Crippen molar-refractivity contribution in [3.8, 4) is 17.6 Å². The van der Waals surface area contributed by atoms with Crippen LogP contribution in [-0.2, 0) is 9.84 Å². The summed E-state index contributed by atoms with van der Waals surface area (Å²) in [4.78, 5) is 0.157. The van der Waals surface area contributed by atoms with Crippen LogP contribution in [0.25, 0.3) is 0 Å². The number of hydrogen-bond donors (Lipinski definition) is 1. The van der Waals surface area contributed by atoms with E-state index in [2.05, 4.69) is 6.07 Å². The van der Waals surface area contributed by atoms with Crippen LogP contribution in [-0.4, -0.2) is 32.2 Å². The fourth-order valence-corrected chi connectivity index (χ4v) is 5.99. The maximum atomic E-state index is 13.1. The molecule has 2 aromatic rings. The highest BCUT2D eigenvalue weighted by atomic mass is 32.2. The summed E-state index contributed by atoms with van der Waals surface area (Å²) in [7, 11) is -3.78. The minimum Gasteiger partial charge on any atom is -0.454 e. The normalized spacial score (nSPS) is 26.3. The molecule has 1 aliphatic carbocycles. The first-order valence-corrected chi connectivity index (χ1v) is 9.71. The smallest absolute Gasteiger partial charge is 0.231 e. The van der Waals surface area contributed by atoms with Gasteiger partial charge >= 0.3 is 0 Å². The molecule has 0 bridgehead atoms. The van der Waals surface area contributed by atoms with Gasteiger partial charge < -0.3 is 14.6 Å². The van der Waals surface area contributed by atoms with E-state index in [1.165, 1.54) is 0 Å². The second kappa shape index (κ2) is 5.73. The Balaban J connectivity index is 1.77. The molecule has 2 aromatic carbocycles. The molecule has 1 aliphatic heterocycles. The van der Waals surface area contributed by atoms with Crippen LogP contribution in [0.1, 0.15) is 17.0 Å². The maximum absolute atomic E-state index is 13.1. The van der Waals surface area contributed by atoms with Gasteiger partial charge in [-0.2, -0.15) is 5.26 Å². The Kier molecular flexibility index (Phi) is 3.72. The predicted molar refractivity (Wildman–Crippen MR) is 92.6 cm³/mol. The lowest BCUT2D eigenvalue weighted by Gasteiger charge is -2.06. The first kappa shape index (κ1) is 16.9. The van der Waals surface area contributed by atoms with E-state index >= 15 is 0 Å². The topological polar surface area (TPSA) is 96.6 Å². The summed E-state index contributed by atoms with van der Waals surface area (Å²) in [5.74, 6) is 0.475. The molecule has 1 fully saturated rings. The van der Waals surface area contributed by atoms with Crippen LogP contribution in [0.5, 0.6) is 11.5 Å². The average molecular weight is 371 g/mol. The summed E-state index contributed by atoms with van der Waals surface area (Å²) in [6, 6.07) is 13.7. The van der Waals surface area contributed by atoms with Gasteiger partial charge in [-0.1, -0.05) is 23.8 Å². The summed E-state index contributed by atoms with van der Waals surface area (Å²) in [6.07, 6.45) is 0. The predicted octanol–water partition coefficient (Wildman–Crippen LogP) is 2.17. The Morgan fingerprint density at radius 1 is 1.19 bits per heavy atom. The Morgan fingerprint density at radius 3 is 2.54 bits per heavy atom. The van der Waals surface area contributed by atoms with Gasteiger partial charge in [0.2, 0.25) is 6.79 Å². The van der Waals surface area contributed by atoms with E-state index in [1.54, 1.807) is 42.5 Å². The third-order valence-corrected chi connectivity index (χ3v) is 7.46. The largest absolute Gasteiger partial charge is 0.454 e. The number of nitriles is 1. The van der Waals surface area contributed by atoms with Crippen molar-refractivity contribution in [1.29, 1.82) is 5.26 Å². The molecule has 1 N–H and O–H groups in total. The van der Waals surface area contributed by atoms with Gasteiger partial charge in [-0.3, -0.25) is 0 Å². The summed E-state index contributed by atoms with van der Waals surface area (Å²) in [6.45, 7) is 1.45. The lowest BCUT2D eigenvalue weighted by Crippen LogP contribution is -2.18. The molecule has 0 radical (unpaired) electrons. The second-order valence-corrected chi connectivity index (χ2v) is 8.75. The zero-order valence-corrected chi connectivity index (χ0v) is 14.9. The number of aliphatic hydroxyl groups is 1. The Labute approximate surface area is 151 Å². The van der Waals surface area contributed by atoms with E-state index < -0.39 is 33.0 Å². The van der Waals surface area contributed by atoms with Crippen molar-refractivity contribution in [2.75, 3.05) is 13.4 Å². The minimum absolute atomic E-state index is 0.109. The summed E-state index contributed by atoms with van der Waals surface area (Å²) < 4.78 is 36.9. The molecular weight excluding hydrogens is 354 g/mol. The quantitative estimate of drug-likeness (QED) is 0.885. The highest BCUT2D eigenvalue weighted by molar-refractivity contribution is 7.92. The van der Waals surface area contributed by atoms with Crippen molar-refractivity contribution >= 4 is 9.84 Å². The van der Waals surface area contributed by atoms with Gasteiger partial charge in [0.25, 0.3) is 0 Å². The van der Waals surface area contributed by atoms with Gasteiger partial charge in [-0.15, -0.1) is 0 Å². The third-order valence-electron chi connectivity index (χ3n) is 5.17. The molecule has 0 saturated heterocycles. The molecular formula is C19H17NO5S. The molecule has 1 saturated carbocycles. The lowest BCUT2D eigenvalue weighted by molar-refractivity contribution is 0.174. The molecule has 2 aliphatic rings. The number of ether oxygens (including phenoxy) is 2. The summed E-state index contributed by atoms with van der Waals surface area (Å²) in [5.41, 5.74) is 0.226. The first-order valence-electron chi connectivity index (χ1n) is 8.16. The van der Waals surface area contributed by atoms with Crippen LogP contribution in [0.4, 0.5) is 0 Å². The SMILES string of the molecule is Cc1ccc(S(=O)(=O)[C@@H]2[C@H](c3ccc4c(c3)OCO4)[C@]2(C#N)CO)cc1. The highest BCUT2D eigenvalue weighted by Gasteiger charge is 2.72. The number of nitrogens with zero attached hydrogens (tertiary/aromatic N) is 1.